The van der Waals surface area contributed by atoms with Crippen LogP contribution in [0.1, 0.15) is 19.8 Å². The fourth-order valence-corrected chi connectivity index (χ4v) is 0.818. The van der Waals surface area contributed by atoms with E-state index in [0.717, 1.165) is 12.5 Å². The van der Waals surface area contributed by atoms with E-state index in [0.29, 0.717) is 0 Å². The Kier molecular flexibility index (Phi) is 1.45. The van der Waals surface area contributed by atoms with Crippen molar-refractivity contribution < 1.29 is 0 Å². The average Bonchev–Trinajstić information content (AvgIpc) is 2.14. The van der Waals surface area contributed by atoms with Gasteiger partial charge in [-0.3, -0.25) is 4.99 Å². The number of rotatable bonds is 1. The number of hydrogen-bond donors (Lipinski definition) is 0. The van der Waals surface area contributed by atoms with Gasteiger partial charge in [-0.25, -0.2) is 0 Å². The van der Waals surface area contributed by atoms with Crippen LogP contribution in [-0.4, -0.2) is 12.8 Å². The predicted molar refractivity (Wildman–Crippen MR) is 31.8 cm³/mol. The summed E-state index contributed by atoms with van der Waals surface area (Å²) >= 11 is 0. The van der Waals surface area contributed by atoms with Gasteiger partial charge in [0.2, 0.25) is 0 Å². The standard InChI is InChI=1S/C6H11N/c1-2-6-3-4-7-5-6/h4,6H,2-3,5H2,1H3/t6-/m1/s1. The zero-order valence-corrected chi connectivity index (χ0v) is 4.72. The normalized spacial score (nSPS) is 29.0. The van der Waals surface area contributed by atoms with Gasteiger partial charge in [0.25, 0.3) is 0 Å². The number of hydrogen-bond acceptors (Lipinski definition) is 1. The van der Waals surface area contributed by atoms with Crippen molar-refractivity contribution in [2.24, 2.45) is 10.9 Å². The van der Waals surface area contributed by atoms with E-state index in [1.807, 2.05) is 6.21 Å². The molecule has 0 fully saturated rings. The largest absolute Gasteiger partial charge is 0.297 e. The molecule has 0 saturated heterocycles. The molecule has 1 heteroatoms. The van der Waals surface area contributed by atoms with Crippen molar-refractivity contribution in [2.75, 3.05) is 6.54 Å². The first-order valence-electron chi connectivity index (χ1n) is 2.91. The summed E-state index contributed by atoms with van der Waals surface area (Å²) in [4.78, 5) is 4.11. The summed E-state index contributed by atoms with van der Waals surface area (Å²) in [5.41, 5.74) is 0. The molecular weight excluding hydrogens is 86.1 g/mol. The SMILES string of the molecule is CC[C@@H]1CC=NC1. The molecule has 1 heterocycles. The Bertz CT molecular complexity index is 68.2. The molecule has 0 spiro atoms. The molecule has 7 heavy (non-hydrogen) atoms. The number of aliphatic imine (C=N–C) groups is 1. The van der Waals surface area contributed by atoms with E-state index in [1.54, 1.807) is 0 Å². The third-order valence-corrected chi connectivity index (χ3v) is 1.51. The summed E-state index contributed by atoms with van der Waals surface area (Å²) in [5, 5.41) is 0. The molecule has 0 aromatic rings. The summed E-state index contributed by atoms with van der Waals surface area (Å²) in [6, 6.07) is 0. The highest BCUT2D eigenvalue weighted by Crippen LogP contribution is 2.10. The molecule has 0 saturated carbocycles. The van der Waals surface area contributed by atoms with Gasteiger partial charge in [0.05, 0.1) is 0 Å². The van der Waals surface area contributed by atoms with E-state index in [-0.39, 0.29) is 0 Å². The summed E-state index contributed by atoms with van der Waals surface area (Å²) in [7, 11) is 0. The lowest BCUT2D eigenvalue weighted by Gasteiger charge is -1.98. The van der Waals surface area contributed by atoms with Crippen molar-refractivity contribution in [1.29, 1.82) is 0 Å². The monoisotopic (exact) mass is 97.1 g/mol. The molecular formula is C6H11N. The minimum Gasteiger partial charge on any atom is -0.297 e. The van der Waals surface area contributed by atoms with E-state index in [2.05, 4.69) is 11.9 Å². The van der Waals surface area contributed by atoms with Crippen LogP contribution in [0.5, 0.6) is 0 Å². The van der Waals surface area contributed by atoms with E-state index in [9.17, 15) is 0 Å². The van der Waals surface area contributed by atoms with Crippen LogP contribution in [0.4, 0.5) is 0 Å². The van der Waals surface area contributed by atoms with Crippen LogP contribution in [0.25, 0.3) is 0 Å². The maximum Gasteiger partial charge on any atom is 0.0417 e. The van der Waals surface area contributed by atoms with E-state index in [1.165, 1.54) is 12.8 Å². The molecule has 1 rings (SSSR count). The van der Waals surface area contributed by atoms with Crippen LogP contribution in [0.2, 0.25) is 0 Å². The average molecular weight is 97.2 g/mol. The first kappa shape index (κ1) is 4.82. The second-order valence-corrected chi connectivity index (χ2v) is 2.06. The lowest BCUT2D eigenvalue weighted by molar-refractivity contribution is 0.574. The summed E-state index contributed by atoms with van der Waals surface area (Å²) in [6.07, 6.45) is 4.55. The van der Waals surface area contributed by atoms with Gasteiger partial charge in [-0.1, -0.05) is 13.3 Å². The summed E-state index contributed by atoms with van der Waals surface area (Å²) in [5.74, 6) is 0.875. The highest BCUT2D eigenvalue weighted by molar-refractivity contribution is 5.59. The van der Waals surface area contributed by atoms with Crippen molar-refractivity contribution in [3.63, 3.8) is 0 Å². The highest BCUT2D eigenvalue weighted by Gasteiger charge is 2.06. The quantitative estimate of drug-likeness (QED) is 0.470. The molecule has 0 amide bonds. The Balaban J connectivity index is 2.22. The molecule has 0 radical (unpaired) electrons. The van der Waals surface area contributed by atoms with Gasteiger partial charge in [0.15, 0.2) is 0 Å². The fraction of sp³-hybridized carbons (Fsp3) is 0.833. The van der Waals surface area contributed by atoms with Gasteiger partial charge < -0.3 is 0 Å². The Morgan fingerprint density at radius 1 is 1.86 bits per heavy atom. The lowest BCUT2D eigenvalue weighted by Crippen LogP contribution is -1.94. The molecule has 40 valence electrons. The van der Waals surface area contributed by atoms with Gasteiger partial charge in [-0.2, -0.15) is 0 Å². The lowest BCUT2D eigenvalue weighted by atomic mass is 10.1. The maximum atomic E-state index is 4.11. The molecule has 1 aliphatic heterocycles. The Labute approximate surface area is 44.5 Å². The third-order valence-electron chi connectivity index (χ3n) is 1.51. The molecule has 0 unspecified atom stereocenters. The second kappa shape index (κ2) is 2.10. The second-order valence-electron chi connectivity index (χ2n) is 2.06. The fourth-order valence-electron chi connectivity index (χ4n) is 0.818. The van der Waals surface area contributed by atoms with Crippen LogP contribution in [0.15, 0.2) is 4.99 Å². The molecule has 0 aliphatic carbocycles. The summed E-state index contributed by atoms with van der Waals surface area (Å²) < 4.78 is 0. The van der Waals surface area contributed by atoms with Gasteiger partial charge in [-0.15, -0.1) is 0 Å². The van der Waals surface area contributed by atoms with E-state index < -0.39 is 0 Å². The van der Waals surface area contributed by atoms with Crippen LogP contribution in [0, 0.1) is 5.92 Å². The minimum absolute atomic E-state index is 0.875. The Hall–Kier alpha value is -0.330. The Morgan fingerprint density at radius 3 is 3.00 bits per heavy atom. The Morgan fingerprint density at radius 2 is 2.71 bits per heavy atom. The van der Waals surface area contributed by atoms with Crippen LogP contribution in [-0.2, 0) is 0 Å². The molecule has 0 bridgehead atoms. The van der Waals surface area contributed by atoms with E-state index >= 15 is 0 Å². The van der Waals surface area contributed by atoms with Gasteiger partial charge >= 0.3 is 0 Å². The third kappa shape index (κ3) is 1.02. The van der Waals surface area contributed by atoms with E-state index in [4.69, 9.17) is 0 Å². The molecule has 1 atom stereocenters. The van der Waals surface area contributed by atoms with Crippen LogP contribution >= 0.6 is 0 Å². The molecule has 0 aromatic carbocycles. The highest BCUT2D eigenvalue weighted by atomic mass is 14.7. The van der Waals surface area contributed by atoms with Crippen molar-refractivity contribution in [1.82, 2.24) is 0 Å². The van der Waals surface area contributed by atoms with Crippen molar-refractivity contribution >= 4 is 6.21 Å². The van der Waals surface area contributed by atoms with Crippen molar-refractivity contribution in [3.8, 4) is 0 Å². The van der Waals surface area contributed by atoms with Gasteiger partial charge in [0.1, 0.15) is 0 Å². The van der Waals surface area contributed by atoms with Gasteiger partial charge in [-0.05, 0) is 18.6 Å². The topological polar surface area (TPSA) is 12.4 Å². The molecule has 1 nitrogen and oxygen atoms in total. The minimum atomic E-state index is 0.875. The predicted octanol–water partition coefficient (Wildman–Crippen LogP) is 1.49. The zero-order chi connectivity index (χ0) is 5.11. The zero-order valence-electron chi connectivity index (χ0n) is 4.72. The van der Waals surface area contributed by atoms with Crippen molar-refractivity contribution in [3.05, 3.63) is 0 Å². The first-order valence-corrected chi connectivity index (χ1v) is 2.91. The smallest absolute Gasteiger partial charge is 0.0417 e. The van der Waals surface area contributed by atoms with Crippen LogP contribution < -0.4 is 0 Å². The maximum absolute atomic E-state index is 4.11. The molecule has 1 aliphatic rings. The molecule has 0 N–H and O–H groups in total. The summed E-state index contributed by atoms with van der Waals surface area (Å²) in [6.45, 7) is 3.30. The number of nitrogens with zero attached hydrogens (tertiary/aromatic N) is 1. The van der Waals surface area contributed by atoms with Gasteiger partial charge in [0, 0.05) is 6.54 Å². The van der Waals surface area contributed by atoms with Crippen LogP contribution in [0.3, 0.4) is 0 Å². The first-order chi connectivity index (χ1) is 3.43. The van der Waals surface area contributed by atoms with Crippen molar-refractivity contribution in [2.45, 2.75) is 19.8 Å². The molecule has 0 aromatic heterocycles.